The fourth-order valence-electron chi connectivity index (χ4n) is 3.52. The Hall–Kier alpha value is -5.12. The molecule has 0 spiro atoms. The molecule has 1 heterocycles. The molecule has 1 aromatic heterocycles. The van der Waals surface area contributed by atoms with Crippen molar-refractivity contribution in [3.63, 3.8) is 0 Å². The summed E-state index contributed by atoms with van der Waals surface area (Å²) in [5.41, 5.74) is 1.33. The van der Waals surface area contributed by atoms with Crippen LogP contribution in [0.2, 0.25) is 0 Å². The number of carboxylic acids is 1. The zero-order chi connectivity index (χ0) is 26.0. The van der Waals surface area contributed by atoms with Gasteiger partial charge in [-0.25, -0.2) is 9.59 Å². The molecule has 6 N–H and O–H groups in total. The van der Waals surface area contributed by atoms with Crippen LogP contribution in [0.3, 0.4) is 0 Å². The van der Waals surface area contributed by atoms with Crippen molar-refractivity contribution in [2.45, 2.75) is 12.5 Å². The quantitative estimate of drug-likeness (QED) is 0.126. The van der Waals surface area contributed by atoms with E-state index in [1.54, 1.807) is 6.07 Å². The number of carbonyl (C=O) groups is 2. The molecule has 4 aromatic rings. The zero-order valence-corrected chi connectivity index (χ0v) is 18.5. The van der Waals surface area contributed by atoms with Gasteiger partial charge in [0.15, 0.2) is 34.3 Å². The Morgan fingerprint density at radius 1 is 0.833 bits per heavy atom. The van der Waals surface area contributed by atoms with Crippen molar-refractivity contribution in [2.75, 3.05) is 0 Å². The SMILES string of the molecule is O=C(C=Cc1ccc(O)c2oc(-c3ccc(O)c(O)c3)cc12)OC(Cc1ccc(O)c(O)c1)C(=O)O. The van der Waals surface area contributed by atoms with E-state index in [0.717, 1.165) is 6.08 Å². The number of phenolic OH excluding ortho intramolecular Hbond substituents is 5. The number of rotatable bonds is 7. The van der Waals surface area contributed by atoms with Gasteiger partial charge in [0, 0.05) is 23.4 Å². The highest BCUT2D eigenvalue weighted by molar-refractivity contribution is 5.97. The number of phenols is 5. The second-order valence-electron chi connectivity index (χ2n) is 7.86. The van der Waals surface area contributed by atoms with Crippen LogP contribution in [-0.4, -0.2) is 48.7 Å². The first-order valence-electron chi connectivity index (χ1n) is 10.5. The Kier molecular flexibility index (Phi) is 6.42. The second-order valence-corrected chi connectivity index (χ2v) is 7.86. The molecule has 10 heteroatoms. The van der Waals surface area contributed by atoms with Gasteiger partial charge >= 0.3 is 11.9 Å². The van der Waals surface area contributed by atoms with E-state index in [9.17, 15) is 40.2 Å². The van der Waals surface area contributed by atoms with Crippen molar-refractivity contribution in [2.24, 2.45) is 0 Å². The second kappa shape index (κ2) is 9.63. The maximum Gasteiger partial charge on any atom is 0.345 e. The fraction of sp³-hybridized carbons (Fsp3) is 0.0769. The summed E-state index contributed by atoms with van der Waals surface area (Å²) in [6.45, 7) is 0. The molecular weight excluding hydrogens is 472 g/mol. The number of aliphatic carboxylic acids is 1. The van der Waals surface area contributed by atoms with E-state index in [0.29, 0.717) is 22.1 Å². The van der Waals surface area contributed by atoms with Crippen LogP contribution in [0.4, 0.5) is 0 Å². The lowest BCUT2D eigenvalue weighted by molar-refractivity contribution is -0.160. The summed E-state index contributed by atoms with van der Waals surface area (Å²) in [5, 5.41) is 58.3. The fourth-order valence-corrected chi connectivity index (χ4v) is 3.52. The number of esters is 1. The van der Waals surface area contributed by atoms with Crippen LogP contribution < -0.4 is 0 Å². The topological polar surface area (TPSA) is 178 Å². The van der Waals surface area contributed by atoms with Crippen molar-refractivity contribution in [1.29, 1.82) is 0 Å². The highest BCUT2D eigenvalue weighted by Gasteiger charge is 2.22. The molecule has 0 saturated heterocycles. The minimum atomic E-state index is -1.55. The molecule has 184 valence electrons. The summed E-state index contributed by atoms with van der Waals surface area (Å²) < 4.78 is 10.7. The predicted molar refractivity (Wildman–Crippen MR) is 127 cm³/mol. The van der Waals surface area contributed by atoms with E-state index in [4.69, 9.17) is 9.15 Å². The lowest BCUT2D eigenvalue weighted by atomic mass is 10.1. The lowest BCUT2D eigenvalue weighted by Crippen LogP contribution is -2.28. The van der Waals surface area contributed by atoms with Crippen molar-refractivity contribution < 1.29 is 49.4 Å². The lowest BCUT2D eigenvalue weighted by Gasteiger charge is -2.13. The van der Waals surface area contributed by atoms with Crippen molar-refractivity contribution in [1.82, 2.24) is 0 Å². The van der Waals surface area contributed by atoms with Gasteiger partial charge in [-0.15, -0.1) is 0 Å². The van der Waals surface area contributed by atoms with Crippen LogP contribution in [0, 0.1) is 0 Å². The first kappa shape index (κ1) is 24.0. The number of fused-ring (bicyclic) bond motifs is 1. The van der Waals surface area contributed by atoms with Gasteiger partial charge in [0.25, 0.3) is 0 Å². The van der Waals surface area contributed by atoms with E-state index in [2.05, 4.69) is 0 Å². The maximum absolute atomic E-state index is 12.4. The summed E-state index contributed by atoms with van der Waals surface area (Å²) in [6.07, 6.45) is 0.600. The Labute approximate surface area is 203 Å². The molecule has 1 atom stereocenters. The maximum atomic E-state index is 12.4. The molecule has 0 saturated carbocycles. The van der Waals surface area contributed by atoms with Gasteiger partial charge in [-0.05, 0) is 59.7 Å². The number of furan rings is 1. The van der Waals surface area contributed by atoms with Crippen LogP contribution in [-0.2, 0) is 20.7 Å². The number of carbonyl (C=O) groups excluding carboxylic acids is 1. The minimum Gasteiger partial charge on any atom is -0.504 e. The van der Waals surface area contributed by atoms with Crippen LogP contribution in [0.25, 0.3) is 28.4 Å². The van der Waals surface area contributed by atoms with Crippen molar-refractivity contribution in [3.05, 3.63) is 71.8 Å². The molecule has 0 aliphatic carbocycles. The summed E-state index contributed by atoms with van der Waals surface area (Å²) >= 11 is 0. The Bertz CT molecular complexity index is 1500. The number of benzene rings is 3. The Morgan fingerprint density at radius 2 is 1.50 bits per heavy atom. The van der Waals surface area contributed by atoms with Crippen LogP contribution in [0.5, 0.6) is 28.7 Å². The molecule has 1 unspecified atom stereocenters. The standard InChI is InChI=1S/C26H20O10/c27-17-5-1-13(9-20(17)30)10-23(26(33)34)35-24(32)8-4-14-2-7-19(29)25-16(14)12-22(36-25)15-3-6-18(28)21(31)11-15/h1-9,11-12,23,27-31H,10H2,(H,33,34). The van der Waals surface area contributed by atoms with Gasteiger partial charge in [0.05, 0.1) is 0 Å². The third-order valence-corrected chi connectivity index (χ3v) is 5.35. The first-order chi connectivity index (χ1) is 17.1. The molecule has 0 aliphatic rings. The summed E-state index contributed by atoms with van der Waals surface area (Å²) in [6, 6.07) is 12.3. The van der Waals surface area contributed by atoms with E-state index in [1.165, 1.54) is 54.6 Å². The number of ether oxygens (including phenoxy) is 1. The van der Waals surface area contributed by atoms with E-state index >= 15 is 0 Å². The van der Waals surface area contributed by atoms with Gasteiger partial charge in [0.2, 0.25) is 6.10 Å². The number of aromatic hydroxyl groups is 5. The average Bonchev–Trinajstić information content (AvgIpc) is 3.29. The van der Waals surface area contributed by atoms with Gasteiger partial charge in [-0.1, -0.05) is 12.1 Å². The van der Waals surface area contributed by atoms with E-state index in [-0.39, 0.29) is 40.8 Å². The minimum absolute atomic E-state index is 0.114. The molecule has 10 nitrogen and oxygen atoms in total. The molecule has 0 fully saturated rings. The third-order valence-electron chi connectivity index (χ3n) is 5.35. The molecule has 4 rings (SSSR count). The summed E-state index contributed by atoms with van der Waals surface area (Å²) in [7, 11) is 0. The number of hydrogen-bond acceptors (Lipinski definition) is 9. The van der Waals surface area contributed by atoms with Crippen molar-refractivity contribution >= 4 is 29.0 Å². The highest BCUT2D eigenvalue weighted by Crippen LogP contribution is 2.38. The van der Waals surface area contributed by atoms with Crippen LogP contribution >= 0.6 is 0 Å². The van der Waals surface area contributed by atoms with Gasteiger partial charge < -0.3 is 39.8 Å². The highest BCUT2D eigenvalue weighted by atomic mass is 16.6. The van der Waals surface area contributed by atoms with E-state index < -0.39 is 23.8 Å². The zero-order valence-electron chi connectivity index (χ0n) is 18.5. The number of carboxylic acid groups (broad SMARTS) is 1. The molecule has 36 heavy (non-hydrogen) atoms. The van der Waals surface area contributed by atoms with E-state index in [1.807, 2.05) is 0 Å². The third kappa shape index (κ3) is 5.02. The van der Waals surface area contributed by atoms with Gasteiger partial charge in [0.1, 0.15) is 5.76 Å². The molecule has 0 aliphatic heterocycles. The number of hydrogen-bond donors (Lipinski definition) is 6. The molecule has 0 bridgehead atoms. The monoisotopic (exact) mass is 492 g/mol. The van der Waals surface area contributed by atoms with Gasteiger partial charge in [-0.3, -0.25) is 0 Å². The Morgan fingerprint density at radius 3 is 2.17 bits per heavy atom. The molecule has 0 radical (unpaired) electrons. The van der Waals surface area contributed by atoms with Gasteiger partial charge in [-0.2, -0.15) is 0 Å². The summed E-state index contributed by atoms with van der Waals surface area (Å²) in [5.74, 6) is -3.68. The smallest absolute Gasteiger partial charge is 0.345 e. The van der Waals surface area contributed by atoms with Crippen LogP contribution in [0.15, 0.2) is 65.1 Å². The normalized spacial score (nSPS) is 12.1. The largest absolute Gasteiger partial charge is 0.504 e. The molecule has 3 aromatic carbocycles. The molecular formula is C26H20O10. The summed E-state index contributed by atoms with van der Waals surface area (Å²) in [4.78, 5) is 23.9. The van der Waals surface area contributed by atoms with Crippen LogP contribution in [0.1, 0.15) is 11.1 Å². The van der Waals surface area contributed by atoms with Crippen molar-refractivity contribution in [3.8, 4) is 40.1 Å². The molecule has 0 amide bonds. The Balaban J connectivity index is 1.56. The first-order valence-corrected chi connectivity index (χ1v) is 10.5. The predicted octanol–water partition coefficient (Wildman–Crippen LogP) is 3.88. The average molecular weight is 492 g/mol.